The van der Waals surface area contributed by atoms with Crippen LogP contribution in [0, 0.1) is 6.92 Å². The number of carbonyl (C=O) groups excluding carboxylic acids is 1. The van der Waals surface area contributed by atoms with Crippen molar-refractivity contribution >= 4 is 13.9 Å². The zero-order valence-electron chi connectivity index (χ0n) is 15.2. The molecule has 1 aromatic carbocycles. The van der Waals surface area contributed by atoms with E-state index in [1.165, 1.54) is 26.3 Å². The van der Waals surface area contributed by atoms with Crippen LogP contribution in [0.5, 0.6) is 5.75 Å². The molecule has 0 spiro atoms. The Morgan fingerprint density at radius 2 is 1.80 bits per heavy atom. The summed E-state index contributed by atoms with van der Waals surface area (Å²) in [5.41, 5.74) is 1.07. The molecule has 1 amide bonds. The average molecular weight is 375 g/mol. The van der Waals surface area contributed by atoms with Gasteiger partial charge in [-0.05, 0) is 31.0 Å². The van der Waals surface area contributed by atoms with Gasteiger partial charge in [-0.15, -0.1) is 0 Å². The Bertz CT molecular complexity index is 532. The summed E-state index contributed by atoms with van der Waals surface area (Å²) in [6.45, 7) is 4.25. The molecule has 0 fully saturated rings. The van der Waals surface area contributed by atoms with Crippen LogP contribution in [-0.2, 0) is 9.09 Å². The predicted molar refractivity (Wildman–Crippen MR) is 97.6 cm³/mol. The van der Waals surface area contributed by atoms with E-state index in [4.69, 9.17) is 14.5 Å². The molecule has 1 rings (SSSR count). The van der Waals surface area contributed by atoms with E-state index in [0.717, 1.165) is 24.8 Å². The summed E-state index contributed by atoms with van der Waals surface area (Å²) in [6.07, 6.45) is 6.04. The van der Waals surface area contributed by atoms with Gasteiger partial charge in [-0.25, -0.2) is 9.36 Å². The Balaban J connectivity index is 0.000000462. The molecule has 0 unspecified atom stereocenters. The molecule has 0 saturated carbocycles. The maximum absolute atomic E-state index is 10.8. The first-order valence-electron chi connectivity index (χ1n) is 8.44. The highest BCUT2D eigenvalue weighted by atomic mass is 31.2. The van der Waals surface area contributed by atoms with Crippen molar-refractivity contribution in [2.75, 3.05) is 13.7 Å². The molecule has 7 nitrogen and oxygen atoms in total. The number of benzene rings is 1. The summed E-state index contributed by atoms with van der Waals surface area (Å²) >= 11 is 0. The number of carbonyl (C=O) groups is 1. The minimum absolute atomic E-state index is 0.163. The van der Waals surface area contributed by atoms with Crippen molar-refractivity contribution in [1.82, 2.24) is 5.32 Å². The van der Waals surface area contributed by atoms with E-state index in [-0.39, 0.29) is 6.61 Å². The van der Waals surface area contributed by atoms with Crippen molar-refractivity contribution in [2.45, 2.75) is 52.4 Å². The van der Waals surface area contributed by atoms with E-state index >= 15 is 0 Å². The first kappa shape index (κ1) is 23.6. The molecule has 0 atom stereocenters. The van der Waals surface area contributed by atoms with E-state index in [2.05, 4.69) is 16.8 Å². The largest absolute Gasteiger partial charge is 0.469 e. The van der Waals surface area contributed by atoms with E-state index in [1.807, 2.05) is 19.1 Å². The third-order valence-electron chi connectivity index (χ3n) is 3.16. The number of hydrogen-bond donors (Lipinski definition) is 3. The SMILES string of the molecule is CCCCCCCCOP(=O)(O)O.CNC(=O)Oc1cccc(C)c1. The second kappa shape index (κ2) is 13.8. The van der Waals surface area contributed by atoms with Crippen molar-refractivity contribution in [3.8, 4) is 5.75 Å². The normalized spacial score (nSPS) is 10.6. The Labute approximate surface area is 150 Å². The molecule has 144 valence electrons. The lowest BCUT2D eigenvalue weighted by atomic mass is 10.1. The van der Waals surface area contributed by atoms with Crippen molar-refractivity contribution < 1.29 is 28.4 Å². The molecular weight excluding hydrogens is 345 g/mol. The fourth-order valence-corrected chi connectivity index (χ4v) is 2.27. The lowest BCUT2D eigenvalue weighted by Crippen LogP contribution is -2.21. The fraction of sp³-hybridized carbons (Fsp3) is 0.588. The van der Waals surface area contributed by atoms with Gasteiger partial charge in [0.15, 0.2) is 0 Å². The van der Waals surface area contributed by atoms with Crippen LogP contribution in [0.3, 0.4) is 0 Å². The number of amides is 1. The minimum Gasteiger partial charge on any atom is -0.410 e. The molecule has 0 aromatic heterocycles. The molecule has 0 bridgehead atoms. The zero-order chi connectivity index (χ0) is 19.1. The van der Waals surface area contributed by atoms with Crippen molar-refractivity contribution in [1.29, 1.82) is 0 Å². The number of ether oxygens (including phenoxy) is 1. The Morgan fingerprint density at radius 1 is 1.16 bits per heavy atom. The summed E-state index contributed by atoms with van der Waals surface area (Å²) in [6, 6.07) is 7.32. The first-order chi connectivity index (χ1) is 11.8. The van der Waals surface area contributed by atoms with Crippen LogP contribution >= 0.6 is 7.82 Å². The number of unbranched alkanes of at least 4 members (excludes halogenated alkanes) is 5. The number of aryl methyl sites for hydroxylation is 1. The summed E-state index contributed by atoms with van der Waals surface area (Å²) in [5, 5.41) is 2.37. The molecule has 3 N–H and O–H groups in total. The summed E-state index contributed by atoms with van der Waals surface area (Å²) in [4.78, 5) is 27.5. The maximum Gasteiger partial charge on any atom is 0.469 e. The summed E-state index contributed by atoms with van der Waals surface area (Å²) < 4.78 is 19.4. The number of hydrogen-bond acceptors (Lipinski definition) is 4. The van der Waals surface area contributed by atoms with E-state index in [9.17, 15) is 9.36 Å². The first-order valence-corrected chi connectivity index (χ1v) is 9.97. The van der Waals surface area contributed by atoms with Gasteiger partial charge in [-0.1, -0.05) is 51.2 Å². The van der Waals surface area contributed by atoms with E-state index < -0.39 is 13.9 Å². The lowest BCUT2D eigenvalue weighted by molar-refractivity contribution is 0.193. The fourth-order valence-electron chi connectivity index (χ4n) is 1.90. The molecule has 0 saturated heterocycles. The van der Waals surface area contributed by atoms with Crippen LogP contribution in [0.1, 0.15) is 51.0 Å². The van der Waals surface area contributed by atoms with Gasteiger partial charge in [-0.2, -0.15) is 0 Å². The number of phosphoric ester groups is 1. The average Bonchev–Trinajstić information content (AvgIpc) is 2.53. The molecule has 1 aromatic rings. The van der Waals surface area contributed by atoms with Crippen molar-refractivity contribution in [3.05, 3.63) is 29.8 Å². The second-order valence-electron chi connectivity index (χ2n) is 5.55. The van der Waals surface area contributed by atoms with Gasteiger partial charge in [0.2, 0.25) is 0 Å². The van der Waals surface area contributed by atoms with Crippen LogP contribution in [0.4, 0.5) is 4.79 Å². The van der Waals surface area contributed by atoms with Gasteiger partial charge in [0, 0.05) is 7.05 Å². The number of nitrogens with one attached hydrogen (secondary N) is 1. The Morgan fingerprint density at radius 3 is 2.36 bits per heavy atom. The lowest BCUT2D eigenvalue weighted by Gasteiger charge is -2.04. The summed E-state index contributed by atoms with van der Waals surface area (Å²) in [5.74, 6) is 0.564. The zero-order valence-corrected chi connectivity index (χ0v) is 16.1. The molecule has 0 aliphatic heterocycles. The quantitative estimate of drug-likeness (QED) is 0.442. The van der Waals surface area contributed by atoms with Crippen LogP contribution in [0.2, 0.25) is 0 Å². The van der Waals surface area contributed by atoms with E-state index in [1.54, 1.807) is 12.1 Å². The van der Waals surface area contributed by atoms with Crippen LogP contribution in [0.25, 0.3) is 0 Å². The Kier molecular flexibility index (Phi) is 13.1. The molecular formula is C17H30NO6P. The topological polar surface area (TPSA) is 105 Å². The third-order valence-corrected chi connectivity index (χ3v) is 3.68. The van der Waals surface area contributed by atoms with Crippen molar-refractivity contribution in [3.63, 3.8) is 0 Å². The molecule has 0 radical (unpaired) electrons. The van der Waals surface area contributed by atoms with Crippen LogP contribution in [0.15, 0.2) is 24.3 Å². The number of phosphoric acid groups is 1. The number of rotatable bonds is 9. The Hall–Kier alpha value is -1.40. The van der Waals surface area contributed by atoms with Gasteiger partial charge in [0.25, 0.3) is 0 Å². The van der Waals surface area contributed by atoms with E-state index in [0.29, 0.717) is 5.75 Å². The monoisotopic (exact) mass is 375 g/mol. The standard InChI is InChI=1S/C9H11NO2.C8H19O4P/c1-7-4-3-5-8(6-7)12-9(11)10-2;1-2-3-4-5-6-7-8-12-13(9,10)11/h3-6H,1-2H3,(H,10,11);2-8H2,1H3,(H2,9,10,11). The maximum atomic E-state index is 10.8. The molecule has 0 heterocycles. The van der Waals surface area contributed by atoms with Gasteiger partial charge >= 0.3 is 13.9 Å². The predicted octanol–water partition coefficient (Wildman–Crippen LogP) is 4.17. The van der Waals surface area contributed by atoms with Gasteiger partial charge in [0.1, 0.15) is 5.75 Å². The highest BCUT2D eigenvalue weighted by molar-refractivity contribution is 7.46. The summed E-state index contributed by atoms with van der Waals surface area (Å²) in [7, 11) is -2.70. The highest BCUT2D eigenvalue weighted by Gasteiger charge is 2.12. The smallest absolute Gasteiger partial charge is 0.410 e. The van der Waals surface area contributed by atoms with Crippen LogP contribution < -0.4 is 10.1 Å². The van der Waals surface area contributed by atoms with Crippen LogP contribution in [-0.4, -0.2) is 29.5 Å². The minimum atomic E-state index is -4.23. The van der Waals surface area contributed by atoms with Gasteiger partial charge in [-0.3, -0.25) is 4.52 Å². The second-order valence-corrected chi connectivity index (χ2v) is 6.79. The highest BCUT2D eigenvalue weighted by Crippen LogP contribution is 2.35. The molecule has 8 heteroatoms. The molecule has 0 aliphatic carbocycles. The van der Waals surface area contributed by atoms with Crippen molar-refractivity contribution in [2.24, 2.45) is 0 Å². The molecule has 0 aliphatic rings. The molecule has 25 heavy (non-hydrogen) atoms. The van der Waals surface area contributed by atoms with Gasteiger partial charge in [0.05, 0.1) is 6.61 Å². The van der Waals surface area contributed by atoms with Gasteiger partial charge < -0.3 is 19.8 Å². The third kappa shape index (κ3) is 15.8.